The maximum absolute atomic E-state index is 11.3. The predicted octanol–water partition coefficient (Wildman–Crippen LogP) is 3.35. The maximum atomic E-state index is 11.3. The van der Waals surface area contributed by atoms with Crippen LogP contribution in [0.25, 0.3) is 10.0 Å². The second-order valence-electron chi connectivity index (χ2n) is 4.82. The van der Waals surface area contributed by atoms with E-state index in [9.17, 15) is 4.79 Å². The molecule has 4 nitrogen and oxygen atoms in total. The first-order valence-corrected chi connectivity index (χ1v) is 7.18. The Balaban J connectivity index is 2.30. The summed E-state index contributed by atoms with van der Waals surface area (Å²) < 4.78 is 4.63. The van der Waals surface area contributed by atoms with Gasteiger partial charge in [0.2, 0.25) is 0 Å². The second kappa shape index (κ2) is 4.78. The van der Waals surface area contributed by atoms with Crippen LogP contribution in [-0.2, 0) is 10.2 Å². The zero-order chi connectivity index (χ0) is 13.3. The predicted molar refractivity (Wildman–Crippen MR) is 73.3 cm³/mol. The van der Waals surface area contributed by atoms with Crippen LogP contribution in [0.3, 0.4) is 0 Å². The highest BCUT2D eigenvalue weighted by molar-refractivity contribution is 7.19. The van der Waals surface area contributed by atoms with Crippen LogP contribution < -0.4 is 0 Å². The third-order valence-electron chi connectivity index (χ3n) is 2.35. The number of rotatable bonds is 2. The smallest absolute Gasteiger partial charge is 0.357 e. The van der Waals surface area contributed by atoms with Gasteiger partial charge in [-0.2, -0.15) is 0 Å². The standard InChI is InChI=1S/C12H14N2O2S2/c1-12(2,3)8-6-18-10(14-8)9-13-7(5-17-9)11(15)16-4/h5-6H,1-4H3. The molecule has 2 heterocycles. The van der Waals surface area contributed by atoms with Crippen molar-refractivity contribution in [3.8, 4) is 10.0 Å². The molecule has 0 atom stereocenters. The van der Waals surface area contributed by atoms with Crippen LogP contribution in [0, 0.1) is 0 Å². The van der Waals surface area contributed by atoms with Crippen molar-refractivity contribution < 1.29 is 9.53 Å². The minimum absolute atomic E-state index is 0.0250. The highest BCUT2D eigenvalue weighted by atomic mass is 32.1. The first kappa shape index (κ1) is 13.2. The van der Waals surface area contributed by atoms with E-state index in [1.165, 1.54) is 18.4 Å². The summed E-state index contributed by atoms with van der Waals surface area (Å²) in [6, 6.07) is 0. The van der Waals surface area contributed by atoms with E-state index in [2.05, 4.69) is 35.5 Å². The molecule has 0 aliphatic rings. The van der Waals surface area contributed by atoms with Crippen molar-refractivity contribution in [2.24, 2.45) is 0 Å². The van der Waals surface area contributed by atoms with Crippen LogP contribution in [0.15, 0.2) is 10.8 Å². The molecule has 0 saturated heterocycles. The van der Waals surface area contributed by atoms with E-state index in [-0.39, 0.29) is 5.41 Å². The Morgan fingerprint density at radius 2 is 1.78 bits per heavy atom. The molecule has 2 aromatic heterocycles. The van der Waals surface area contributed by atoms with Gasteiger partial charge < -0.3 is 4.74 Å². The van der Waals surface area contributed by atoms with Crippen LogP contribution in [0.1, 0.15) is 37.0 Å². The zero-order valence-corrected chi connectivity index (χ0v) is 12.3. The van der Waals surface area contributed by atoms with E-state index in [1.54, 1.807) is 16.7 Å². The van der Waals surface area contributed by atoms with Gasteiger partial charge in [0.15, 0.2) is 15.7 Å². The Morgan fingerprint density at radius 3 is 2.33 bits per heavy atom. The largest absolute Gasteiger partial charge is 0.464 e. The second-order valence-corrected chi connectivity index (χ2v) is 6.53. The van der Waals surface area contributed by atoms with Gasteiger partial charge >= 0.3 is 5.97 Å². The van der Waals surface area contributed by atoms with Gasteiger partial charge in [0.25, 0.3) is 0 Å². The Kier molecular flexibility index (Phi) is 3.49. The number of aromatic nitrogens is 2. The van der Waals surface area contributed by atoms with Gasteiger partial charge in [-0.25, -0.2) is 14.8 Å². The van der Waals surface area contributed by atoms with Gasteiger partial charge in [-0.1, -0.05) is 20.8 Å². The number of thiazole rings is 2. The van der Waals surface area contributed by atoms with Crippen LogP contribution >= 0.6 is 22.7 Å². The molecule has 0 aliphatic heterocycles. The minimum atomic E-state index is -0.412. The van der Waals surface area contributed by atoms with Crippen molar-refractivity contribution in [2.45, 2.75) is 26.2 Å². The maximum Gasteiger partial charge on any atom is 0.357 e. The first-order chi connectivity index (χ1) is 8.41. The fourth-order valence-corrected chi connectivity index (χ4v) is 3.17. The molecule has 0 spiro atoms. The van der Waals surface area contributed by atoms with Crippen LogP contribution in [0.2, 0.25) is 0 Å². The van der Waals surface area contributed by atoms with E-state index in [0.717, 1.165) is 15.7 Å². The molecule has 0 aromatic carbocycles. The highest BCUT2D eigenvalue weighted by Gasteiger charge is 2.20. The van der Waals surface area contributed by atoms with Gasteiger partial charge in [-0.05, 0) is 0 Å². The number of carbonyl (C=O) groups excluding carboxylic acids is 1. The van der Waals surface area contributed by atoms with Gasteiger partial charge in [-0.3, -0.25) is 0 Å². The lowest BCUT2D eigenvalue weighted by Crippen LogP contribution is -2.11. The van der Waals surface area contributed by atoms with E-state index >= 15 is 0 Å². The molecule has 0 saturated carbocycles. The van der Waals surface area contributed by atoms with Gasteiger partial charge in [-0.15, -0.1) is 22.7 Å². The number of hydrogen-bond donors (Lipinski definition) is 0. The molecule has 0 fully saturated rings. The van der Waals surface area contributed by atoms with Crippen LogP contribution in [0.4, 0.5) is 0 Å². The molecule has 0 aliphatic carbocycles. The van der Waals surface area contributed by atoms with Crippen molar-refractivity contribution in [3.05, 3.63) is 22.1 Å². The topological polar surface area (TPSA) is 52.1 Å². The Morgan fingerprint density at radius 1 is 1.17 bits per heavy atom. The molecule has 0 unspecified atom stereocenters. The third kappa shape index (κ3) is 2.59. The van der Waals surface area contributed by atoms with Crippen molar-refractivity contribution in [1.82, 2.24) is 9.97 Å². The minimum Gasteiger partial charge on any atom is -0.464 e. The Labute approximate surface area is 114 Å². The molecule has 0 radical (unpaired) electrons. The number of ether oxygens (including phenoxy) is 1. The molecule has 0 bridgehead atoms. The average Bonchev–Trinajstić information content (AvgIpc) is 2.94. The summed E-state index contributed by atoms with van der Waals surface area (Å²) in [5, 5.41) is 5.34. The monoisotopic (exact) mass is 282 g/mol. The summed E-state index contributed by atoms with van der Waals surface area (Å²) in [5.74, 6) is -0.412. The van der Waals surface area contributed by atoms with Gasteiger partial charge in [0.05, 0.1) is 12.8 Å². The lowest BCUT2D eigenvalue weighted by atomic mass is 9.93. The molecule has 6 heteroatoms. The SMILES string of the molecule is COC(=O)c1csc(-c2nc(C(C)(C)C)cs2)n1. The molecule has 96 valence electrons. The summed E-state index contributed by atoms with van der Waals surface area (Å²) in [5.41, 5.74) is 1.40. The highest BCUT2D eigenvalue weighted by Crippen LogP contribution is 2.31. The lowest BCUT2D eigenvalue weighted by Gasteiger charge is -2.13. The molecule has 0 amide bonds. The van der Waals surface area contributed by atoms with E-state index in [4.69, 9.17) is 0 Å². The van der Waals surface area contributed by atoms with Gasteiger partial charge in [0.1, 0.15) is 0 Å². The van der Waals surface area contributed by atoms with Crippen molar-refractivity contribution in [2.75, 3.05) is 7.11 Å². The summed E-state index contributed by atoms with van der Waals surface area (Å²) in [7, 11) is 1.35. The van der Waals surface area contributed by atoms with E-state index in [0.29, 0.717) is 5.69 Å². The normalized spacial score (nSPS) is 11.6. The molecule has 2 aromatic rings. The van der Waals surface area contributed by atoms with Gasteiger partial charge in [0, 0.05) is 16.2 Å². The Bertz CT molecular complexity index is 567. The molecular formula is C12H14N2O2S2. The van der Waals surface area contributed by atoms with Crippen molar-refractivity contribution >= 4 is 28.6 Å². The summed E-state index contributed by atoms with van der Waals surface area (Å²) in [4.78, 5) is 20.1. The fraction of sp³-hybridized carbons (Fsp3) is 0.417. The number of esters is 1. The number of hydrogen-bond acceptors (Lipinski definition) is 6. The first-order valence-electron chi connectivity index (χ1n) is 5.42. The molecular weight excluding hydrogens is 268 g/mol. The molecule has 2 rings (SSSR count). The average molecular weight is 282 g/mol. The third-order valence-corrected chi connectivity index (χ3v) is 4.18. The quantitative estimate of drug-likeness (QED) is 0.793. The van der Waals surface area contributed by atoms with Crippen LogP contribution in [-0.4, -0.2) is 23.0 Å². The summed E-state index contributed by atoms with van der Waals surface area (Å²) in [6.45, 7) is 6.36. The molecule has 18 heavy (non-hydrogen) atoms. The van der Waals surface area contributed by atoms with E-state index in [1.807, 2.05) is 5.38 Å². The molecule has 0 N–H and O–H groups in total. The number of methoxy groups -OCH3 is 1. The number of carbonyl (C=O) groups is 1. The fourth-order valence-electron chi connectivity index (χ4n) is 1.29. The van der Waals surface area contributed by atoms with E-state index < -0.39 is 5.97 Å². The summed E-state index contributed by atoms with van der Waals surface area (Å²) in [6.07, 6.45) is 0. The Hall–Kier alpha value is -1.27. The van der Waals surface area contributed by atoms with Crippen molar-refractivity contribution in [3.63, 3.8) is 0 Å². The number of nitrogens with zero attached hydrogens (tertiary/aromatic N) is 2. The zero-order valence-electron chi connectivity index (χ0n) is 10.7. The van der Waals surface area contributed by atoms with Crippen LogP contribution in [0.5, 0.6) is 0 Å². The summed E-state index contributed by atoms with van der Waals surface area (Å²) >= 11 is 2.95. The lowest BCUT2D eigenvalue weighted by molar-refractivity contribution is 0.0595. The van der Waals surface area contributed by atoms with Crippen molar-refractivity contribution in [1.29, 1.82) is 0 Å².